The molecule has 0 unspecified atom stereocenters. The maximum Gasteiger partial charge on any atom is 0.136 e. The molecule has 9 atom stereocenters. The largest absolute Gasteiger partial charge is 0.299 e. The topological polar surface area (TPSA) is 17.1 Å². The first-order valence-electron chi connectivity index (χ1n) is 12.8. The van der Waals surface area contributed by atoms with Gasteiger partial charge in [0, 0.05) is 17.7 Å². The molecule has 0 radical (unpaired) electrons. The fourth-order valence-electron chi connectivity index (χ4n) is 9.02. The van der Waals surface area contributed by atoms with Crippen molar-refractivity contribution in [3.63, 3.8) is 0 Å². The van der Waals surface area contributed by atoms with E-state index in [-0.39, 0.29) is 16.7 Å². The Bertz CT molecular complexity index is 614. The summed E-state index contributed by atoms with van der Waals surface area (Å²) in [6.07, 6.45) is 13.8. The molecule has 4 saturated carbocycles. The first-order chi connectivity index (χ1) is 13.7. The van der Waals surface area contributed by atoms with Gasteiger partial charge >= 0.3 is 0 Å². The molecule has 4 aliphatic rings. The number of alkyl halides is 1. The van der Waals surface area contributed by atoms with E-state index < -0.39 is 0 Å². The van der Waals surface area contributed by atoms with Crippen LogP contribution in [0.25, 0.3) is 0 Å². The molecule has 0 aromatic heterocycles. The highest BCUT2D eigenvalue weighted by atomic mass is 35.5. The van der Waals surface area contributed by atoms with Gasteiger partial charge in [0.05, 0.1) is 0 Å². The van der Waals surface area contributed by atoms with Gasteiger partial charge in [0.1, 0.15) is 5.78 Å². The molecular formula is C27H45ClO. The van der Waals surface area contributed by atoms with Crippen LogP contribution >= 0.6 is 11.6 Å². The number of Topliss-reactive ketones (excluding diaryl/α,β-unsaturated/α-hetero) is 1. The summed E-state index contributed by atoms with van der Waals surface area (Å²) in [6, 6.07) is 0. The van der Waals surface area contributed by atoms with E-state index in [0.717, 1.165) is 48.9 Å². The van der Waals surface area contributed by atoms with Gasteiger partial charge in [-0.15, -0.1) is 11.6 Å². The van der Waals surface area contributed by atoms with Crippen molar-refractivity contribution in [1.29, 1.82) is 0 Å². The van der Waals surface area contributed by atoms with Crippen LogP contribution in [0.2, 0.25) is 0 Å². The van der Waals surface area contributed by atoms with Gasteiger partial charge in [-0.2, -0.15) is 0 Å². The van der Waals surface area contributed by atoms with Crippen LogP contribution in [0, 0.1) is 52.3 Å². The molecule has 166 valence electrons. The van der Waals surface area contributed by atoms with E-state index in [9.17, 15) is 4.79 Å². The molecule has 0 saturated heterocycles. The van der Waals surface area contributed by atoms with E-state index in [1.165, 1.54) is 51.4 Å². The summed E-state index contributed by atoms with van der Waals surface area (Å²) in [6.45, 7) is 12.3. The Kier molecular flexibility index (Phi) is 6.22. The van der Waals surface area contributed by atoms with Crippen LogP contribution in [0.4, 0.5) is 0 Å². The summed E-state index contributed by atoms with van der Waals surface area (Å²) in [5, 5.41) is 0.227. The average molecular weight is 421 g/mol. The Morgan fingerprint density at radius 3 is 2.38 bits per heavy atom. The molecule has 29 heavy (non-hydrogen) atoms. The zero-order valence-electron chi connectivity index (χ0n) is 19.7. The quantitative estimate of drug-likeness (QED) is 0.413. The number of carbonyl (C=O) groups is 1. The third-order valence-corrected chi connectivity index (χ3v) is 11.0. The van der Waals surface area contributed by atoms with Gasteiger partial charge < -0.3 is 0 Å². The molecule has 4 fully saturated rings. The highest BCUT2D eigenvalue weighted by Gasteiger charge is 2.62. The van der Waals surface area contributed by atoms with E-state index in [2.05, 4.69) is 34.6 Å². The summed E-state index contributed by atoms with van der Waals surface area (Å²) in [4.78, 5) is 13.3. The van der Waals surface area contributed by atoms with Crippen molar-refractivity contribution in [3.8, 4) is 0 Å². The lowest BCUT2D eigenvalue weighted by Gasteiger charge is -2.60. The first kappa shape index (κ1) is 22.2. The highest BCUT2D eigenvalue weighted by Crippen LogP contribution is 2.68. The number of halogens is 1. The Balaban J connectivity index is 1.50. The molecular weight excluding hydrogens is 376 g/mol. The zero-order chi connectivity index (χ0) is 21.0. The minimum absolute atomic E-state index is 0.227. The van der Waals surface area contributed by atoms with Crippen LogP contribution in [-0.2, 0) is 4.79 Å². The smallest absolute Gasteiger partial charge is 0.136 e. The van der Waals surface area contributed by atoms with Crippen LogP contribution < -0.4 is 0 Å². The predicted octanol–water partition coefficient (Wildman–Crippen LogP) is 7.89. The van der Waals surface area contributed by atoms with E-state index in [4.69, 9.17) is 11.6 Å². The molecule has 0 aliphatic heterocycles. The third kappa shape index (κ3) is 3.74. The van der Waals surface area contributed by atoms with E-state index >= 15 is 0 Å². The molecule has 0 N–H and O–H groups in total. The van der Waals surface area contributed by atoms with Crippen LogP contribution in [-0.4, -0.2) is 11.2 Å². The van der Waals surface area contributed by atoms with Crippen LogP contribution in [0.1, 0.15) is 105 Å². The third-order valence-electron chi connectivity index (χ3n) is 10.6. The number of ketones is 1. The molecule has 1 nitrogen and oxygen atoms in total. The molecule has 4 rings (SSSR count). The first-order valence-corrected chi connectivity index (χ1v) is 13.3. The second kappa shape index (κ2) is 8.14. The number of hydrogen-bond acceptors (Lipinski definition) is 1. The number of carbonyl (C=O) groups excluding carboxylic acids is 1. The SMILES string of the molecule is CC(C)CCC[C@@H](C)[C@@H]1CC[C@@H]2[C@@H]3CC(=O)[C@H]4C[C@H](Cl)CC[C@]4(C)[C@H]3CC[C@@]21C. The number of hydrogen-bond donors (Lipinski definition) is 0. The lowest BCUT2D eigenvalue weighted by molar-refractivity contribution is -0.154. The molecule has 2 heteroatoms. The minimum atomic E-state index is 0.227. The summed E-state index contributed by atoms with van der Waals surface area (Å²) in [5.41, 5.74) is 0.708. The van der Waals surface area contributed by atoms with E-state index in [1.54, 1.807) is 0 Å². The maximum absolute atomic E-state index is 13.3. The van der Waals surface area contributed by atoms with Crippen LogP contribution in [0.5, 0.6) is 0 Å². The highest BCUT2D eigenvalue weighted by molar-refractivity contribution is 6.20. The lowest BCUT2D eigenvalue weighted by Crippen LogP contribution is -2.56. The fraction of sp³-hybridized carbons (Fsp3) is 0.963. The summed E-state index contributed by atoms with van der Waals surface area (Å²) < 4.78 is 0. The standard InChI is InChI=1S/C27H45ClO/c1-17(2)7-6-8-18(3)21-9-10-22-20-16-25(29)24-15-19(28)11-13-27(24,5)23(20)12-14-26(21,22)4/h17-24H,6-16H2,1-5H3/t18-,19-,20+,21+,22-,23+,24-,26-,27-/m1/s1. The monoisotopic (exact) mass is 420 g/mol. The number of fused-ring (bicyclic) bond motifs is 5. The van der Waals surface area contributed by atoms with Crippen molar-refractivity contribution in [3.05, 3.63) is 0 Å². The van der Waals surface area contributed by atoms with Crippen molar-refractivity contribution >= 4 is 17.4 Å². The van der Waals surface area contributed by atoms with Gasteiger partial charge in [0.2, 0.25) is 0 Å². The average Bonchev–Trinajstić information content (AvgIpc) is 3.00. The van der Waals surface area contributed by atoms with Crippen molar-refractivity contribution in [2.24, 2.45) is 52.3 Å². The molecule has 0 aromatic rings. The molecule has 0 bridgehead atoms. The molecule has 4 aliphatic carbocycles. The second-order valence-corrected chi connectivity index (χ2v) is 13.1. The molecule has 0 aromatic carbocycles. The van der Waals surface area contributed by atoms with Crippen molar-refractivity contribution in [1.82, 2.24) is 0 Å². The predicted molar refractivity (Wildman–Crippen MR) is 123 cm³/mol. The Morgan fingerprint density at radius 1 is 0.966 bits per heavy atom. The van der Waals surface area contributed by atoms with Gasteiger partial charge in [0.25, 0.3) is 0 Å². The zero-order valence-corrected chi connectivity index (χ0v) is 20.4. The van der Waals surface area contributed by atoms with E-state index in [0.29, 0.717) is 17.1 Å². The molecule has 0 spiro atoms. The van der Waals surface area contributed by atoms with Gasteiger partial charge in [-0.1, -0.05) is 53.9 Å². The summed E-state index contributed by atoms with van der Waals surface area (Å²) in [7, 11) is 0. The second-order valence-electron chi connectivity index (χ2n) is 12.5. The van der Waals surface area contributed by atoms with Gasteiger partial charge in [0.15, 0.2) is 0 Å². The fourth-order valence-corrected chi connectivity index (χ4v) is 9.31. The summed E-state index contributed by atoms with van der Waals surface area (Å²) in [5.74, 6) is 5.57. The normalized spacial score (nSPS) is 48.2. The Morgan fingerprint density at radius 2 is 1.66 bits per heavy atom. The van der Waals surface area contributed by atoms with E-state index in [1.807, 2.05) is 0 Å². The van der Waals surface area contributed by atoms with Crippen molar-refractivity contribution in [2.75, 3.05) is 0 Å². The van der Waals surface area contributed by atoms with Crippen LogP contribution in [0.3, 0.4) is 0 Å². The van der Waals surface area contributed by atoms with Crippen molar-refractivity contribution in [2.45, 2.75) is 111 Å². The summed E-state index contributed by atoms with van der Waals surface area (Å²) >= 11 is 6.51. The number of rotatable bonds is 5. The van der Waals surface area contributed by atoms with Crippen LogP contribution in [0.15, 0.2) is 0 Å². The van der Waals surface area contributed by atoms with Crippen molar-refractivity contribution < 1.29 is 4.79 Å². The Hall–Kier alpha value is -0.0400. The molecule has 0 heterocycles. The Labute approximate surface area is 185 Å². The molecule has 0 amide bonds. The van der Waals surface area contributed by atoms with Gasteiger partial charge in [-0.25, -0.2) is 0 Å². The van der Waals surface area contributed by atoms with Gasteiger partial charge in [-0.3, -0.25) is 4.79 Å². The maximum atomic E-state index is 13.3. The van der Waals surface area contributed by atoms with Gasteiger partial charge in [-0.05, 0) is 91.3 Å². The lowest BCUT2D eigenvalue weighted by atomic mass is 9.44. The minimum Gasteiger partial charge on any atom is -0.299 e.